The van der Waals surface area contributed by atoms with Gasteiger partial charge in [-0.1, -0.05) is 30.2 Å². The zero-order valence-electron chi connectivity index (χ0n) is 19.8. The summed E-state index contributed by atoms with van der Waals surface area (Å²) >= 11 is 0. The van der Waals surface area contributed by atoms with E-state index in [9.17, 15) is 9.59 Å². The molecule has 0 saturated heterocycles. The molecule has 2 fully saturated rings. The standard InChI is InChI=1S/C25H35N5O3/c1-17(2)26-23(31)22-16-30(29-28-22)20-10-8-19(9-11-20)27-24(32)25(14-4-5-15-25)18-6-12-21(33-3)13-7-18/h6-7,12-13,16-17,19-20H,4-5,8-11,14-15H2,1-3H3,(H,26,31)(H,27,32). The number of hydrogen-bond donors (Lipinski definition) is 2. The summed E-state index contributed by atoms with van der Waals surface area (Å²) < 4.78 is 7.10. The Morgan fingerprint density at radius 2 is 1.76 bits per heavy atom. The van der Waals surface area contributed by atoms with Gasteiger partial charge >= 0.3 is 0 Å². The number of ether oxygens (including phenoxy) is 1. The Labute approximate surface area is 195 Å². The van der Waals surface area contributed by atoms with Gasteiger partial charge in [-0.05, 0) is 70.1 Å². The fourth-order valence-corrected chi connectivity index (χ4v) is 5.24. The summed E-state index contributed by atoms with van der Waals surface area (Å²) in [6, 6.07) is 8.40. The number of rotatable bonds is 7. The quantitative estimate of drug-likeness (QED) is 0.668. The van der Waals surface area contributed by atoms with Crippen LogP contribution in [0.2, 0.25) is 0 Å². The topological polar surface area (TPSA) is 98.1 Å². The third-order valence-corrected chi connectivity index (χ3v) is 7.10. The van der Waals surface area contributed by atoms with E-state index in [0.717, 1.165) is 62.7 Å². The van der Waals surface area contributed by atoms with Crippen molar-refractivity contribution >= 4 is 11.8 Å². The summed E-state index contributed by atoms with van der Waals surface area (Å²) in [5.41, 5.74) is 0.997. The van der Waals surface area contributed by atoms with Crippen LogP contribution in [-0.2, 0) is 10.2 Å². The van der Waals surface area contributed by atoms with Gasteiger partial charge in [0.15, 0.2) is 5.69 Å². The Balaban J connectivity index is 1.36. The van der Waals surface area contributed by atoms with E-state index < -0.39 is 5.41 Å². The average molecular weight is 454 g/mol. The minimum absolute atomic E-state index is 0.0581. The van der Waals surface area contributed by atoms with Crippen LogP contribution in [0.5, 0.6) is 5.75 Å². The molecule has 0 radical (unpaired) electrons. The molecule has 4 rings (SSSR count). The third-order valence-electron chi connectivity index (χ3n) is 7.10. The molecule has 178 valence electrons. The van der Waals surface area contributed by atoms with Crippen molar-refractivity contribution in [2.75, 3.05) is 7.11 Å². The van der Waals surface area contributed by atoms with Gasteiger partial charge < -0.3 is 15.4 Å². The van der Waals surface area contributed by atoms with Crippen LogP contribution in [0.3, 0.4) is 0 Å². The number of carbonyl (C=O) groups excluding carboxylic acids is 2. The molecule has 2 aliphatic rings. The molecular formula is C25H35N5O3. The lowest BCUT2D eigenvalue weighted by Crippen LogP contribution is -2.48. The van der Waals surface area contributed by atoms with Crippen molar-refractivity contribution in [3.8, 4) is 5.75 Å². The van der Waals surface area contributed by atoms with E-state index in [0.29, 0.717) is 5.69 Å². The second-order valence-corrected chi connectivity index (χ2v) is 9.71. The predicted molar refractivity (Wildman–Crippen MR) is 125 cm³/mol. The molecule has 2 saturated carbocycles. The number of amides is 2. The number of carbonyl (C=O) groups is 2. The summed E-state index contributed by atoms with van der Waals surface area (Å²) in [7, 11) is 1.66. The molecule has 0 aliphatic heterocycles. The van der Waals surface area contributed by atoms with E-state index in [-0.39, 0.29) is 29.9 Å². The summed E-state index contributed by atoms with van der Waals surface area (Å²) in [5.74, 6) is 0.767. The zero-order chi connectivity index (χ0) is 23.4. The van der Waals surface area contributed by atoms with E-state index >= 15 is 0 Å². The fourth-order valence-electron chi connectivity index (χ4n) is 5.24. The molecule has 1 aromatic carbocycles. The maximum atomic E-state index is 13.5. The zero-order valence-corrected chi connectivity index (χ0v) is 19.8. The summed E-state index contributed by atoms with van der Waals surface area (Å²) in [6.45, 7) is 3.84. The summed E-state index contributed by atoms with van der Waals surface area (Å²) in [4.78, 5) is 25.6. The smallest absolute Gasteiger partial charge is 0.273 e. The predicted octanol–water partition coefficient (Wildman–Crippen LogP) is 3.54. The molecule has 0 unspecified atom stereocenters. The summed E-state index contributed by atoms with van der Waals surface area (Å²) in [6.07, 6.45) is 9.24. The SMILES string of the molecule is COc1ccc(C2(C(=O)NC3CCC(n4cc(C(=O)NC(C)C)nn4)CC3)CCCC2)cc1. The molecule has 8 nitrogen and oxygen atoms in total. The van der Waals surface area contributed by atoms with Crippen molar-refractivity contribution < 1.29 is 14.3 Å². The van der Waals surface area contributed by atoms with Crippen LogP contribution in [0.15, 0.2) is 30.5 Å². The Kier molecular flexibility index (Phi) is 7.00. The van der Waals surface area contributed by atoms with E-state index in [4.69, 9.17) is 4.74 Å². The van der Waals surface area contributed by atoms with Crippen LogP contribution in [0.4, 0.5) is 0 Å². The lowest BCUT2D eigenvalue weighted by Gasteiger charge is -2.34. The molecule has 1 aromatic heterocycles. The first-order valence-corrected chi connectivity index (χ1v) is 12.1. The maximum absolute atomic E-state index is 13.5. The fraction of sp³-hybridized carbons (Fsp3) is 0.600. The number of benzene rings is 1. The summed E-state index contributed by atoms with van der Waals surface area (Å²) in [5, 5.41) is 14.4. The highest BCUT2D eigenvalue weighted by Crippen LogP contribution is 2.42. The molecule has 0 spiro atoms. The normalized spacial score (nSPS) is 22.2. The van der Waals surface area contributed by atoms with Crippen molar-refractivity contribution in [3.05, 3.63) is 41.7 Å². The van der Waals surface area contributed by atoms with Crippen molar-refractivity contribution in [1.29, 1.82) is 0 Å². The van der Waals surface area contributed by atoms with E-state index in [1.807, 2.05) is 42.8 Å². The van der Waals surface area contributed by atoms with Crippen LogP contribution >= 0.6 is 0 Å². The average Bonchev–Trinajstić information content (AvgIpc) is 3.50. The Hall–Kier alpha value is -2.90. The monoisotopic (exact) mass is 453 g/mol. The van der Waals surface area contributed by atoms with Gasteiger partial charge in [-0.15, -0.1) is 5.10 Å². The Morgan fingerprint density at radius 1 is 1.09 bits per heavy atom. The van der Waals surface area contributed by atoms with E-state index in [2.05, 4.69) is 20.9 Å². The van der Waals surface area contributed by atoms with Gasteiger partial charge in [-0.2, -0.15) is 0 Å². The molecule has 0 atom stereocenters. The molecule has 2 amide bonds. The number of nitrogens with one attached hydrogen (secondary N) is 2. The van der Waals surface area contributed by atoms with Crippen LogP contribution in [-0.4, -0.2) is 46.0 Å². The molecule has 2 aliphatic carbocycles. The number of hydrogen-bond acceptors (Lipinski definition) is 5. The molecule has 33 heavy (non-hydrogen) atoms. The Morgan fingerprint density at radius 3 is 2.36 bits per heavy atom. The van der Waals surface area contributed by atoms with Gasteiger partial charge in [-0.3, -0.25) is 9.59 Å². The molecule has 8 heteroatoms. The number of nitrogens with zero attached hydrogens (tertiary/aromatic N) is 3. The van der Waals surface area contributed by atoms with Gasteiger partial charge in [0.2, 0.25) is 5.91 Å². The van der Waals surface area contributed by atoms with Crippen molar-refractivity contribution in [2.45, 2.75) is 88.8 Å². The molecule has 1 heterocycles. The highest BCUT2D eigenvalue weighted by molar-refractivity contribution is 5.92. The van der Waals surface area contributed by atoms with E-state index in [1.165, 1.54) is 0 Å². The van der Waals surface area contributed by atoms with E-state index in [1.54, 1.807) is 13.3 Å². The largest absolute Gasteiger partial charge is 0.497 e. The highest BCUT2D eigenvalue weighted by atomic mass is 16.5. The second kappa shape index (κ2) is 9.93. The molecule has 0 bridgehead atoms. The van der Waals surface area contributed by atoms with Crippen molar-refractivity contribution in [2.24, 2.45) is 0 Å². The first kappa shape index (κ1) is 23.3. The first-order chi connectivity index (χ1) is 15.9. The first-order valence-electron chi connectivity index (χ1n) is 12.1. The Bertz CT molecular complexity index is 955. The molecule has 2 N–H and O–H groups in total. The lowest BCUT2D eigenvalue weighted by atomic mass is 9.77. The second-order valence-electron chi connectivity index (χ2n) is 9.71. The number of aromatic nitrogens is 3. The minimum atomic E-state index is -0.437. The van der Waals surface area contributed by atoms with Gasteiger partial charge in [0.25, 0.3) is 5.91 Å². The van der Waals surface area contributed by atoms with Crippen molar-refractivity contribution in [3.63, 3.8) is 0 Å². The van der Waals surface area contributed by atoms with Crippen LogP contribution < -0.4 is 15.4 Å². The maximum Gasteiger partial charge on any atom is 0.273 e. The third kappa shape index (κ3) is 5.04. The van der Waals surface area contributed by atoms with Crippen LogP contribution in [0, 0.1) is 0 Å². The van der Waals surface area contributed by atoms with Gasteiger partial charge in [0.1, 0.15) is 5.75 Å². The van der Waals surface area contributed by atoms with Gasteiger partial charge in [-0.25, -0.2) is 4.68 Å². The lowest BCUT2D eigenvalue weighted by molar-refractivity contribution is -0.127. The van der Waals surface area contributed by atoms with Gasteiger partial charge in [0, 0.05) is 12.1 Å². The van der Waals surface area contributed by atoms with Gasteiger partial charge in [0.05, 0.1) is 24.8 Å². The van der Waals surface area contributed by atoms with Crippen LogP contribution in [0.25, 0.3) is 0 Å². The molecular weight excluding hydrogens is 418 g/mol. The minimum Gasteiger partial charge on any atom is -0.497 e. The molecule has 2 aromatic rings. The van der Waals surface area contributed by atoms with Crippen molar-refractivity contribution in [1.82, 2.24) is 25.6 Å². The van der Waals surface area contributed by atoms with Crippen LogP contribution in [0.1, 0.15) is 87.3 Å². The number of methoxy groups -OCH3 is 1. The highest BCUT2D eigenvalue weighted by Gasteiger charge is 2.43.